The monoisotopic (exact) mass is 375 g/mol. The molecule has 7 heteroatoms. The largest absolute Gasteiger partial charge is 0.326 e. The summed E-state index contributed by atoms with van der Waals surface area (Å²) in [5, 5.41) is 2.62. The standard InChI is InChI=1S/C19H25N3O3S/c1-15(23)21-17-9-11-19(12-10-17)26(24,25)20-14-18(22(2)3)13-16-7-5-4-6-8-16/h4-12,18,20H,13-14H2,1-3H3,(H,21,23)/t18-/m0/s1. The van der Waals surface area contributed by atoms with Crippen molar-refractivity contribution >= 4 is 21.6 Å². The van der Waals surface area contributed by atoms with E-state index in [2.05, 4.69) is 10.0 Å². The van der Waals surface area contributed by atoms with E-state index in [9.17, 15) is 13.2 Å². The summed E-state index contributed by atoms with van der Waals surface area (Å²) in [5.41, 5.74) is 1.72. The molecule has 0 radical (unpaired) electrons. The average molecular weight is 375 g/mol. The quantitative estimate of drug-likeness (QED) is 0.741. The SMILES string of the molecule is CC(=O)Nc1ccc(S(=O)(=O)NC[C@H](Cc2ccccc2)N(C)C)cc1. The van der Waals surface area contributed by atoms with E-state index in [4.69, 9.17) is 0 Å². The molecule has 2 rings (SSSR count). The van der Waals surface area contributed by atoms with Crippen LogP contribution in [0.15, 0.2) is 59.5 Å². The molecule has 0 saturated carbocycles. The lowest BCUT2D eigenvalue weighted by atomic mass is 10.1. The molecule has 0 fully saturated rings. The van der Waals surface area contributed by atoms with Crippen LogP contribution in [0.25, 0.3) is 0 Å². The Bertz CT molecular complexity index is 819. The molecule has 0 unspecified atom stereocenters. The summed E-state index contributed by atoms with van der Waals surface area (Å²) in [7, 11) is 0.254. The van der Waals surface area contributed by atoms with E-state index in [1.54, 1.807) is 12.1 Å². The Labute approximate surface area is 155 Å². The smallest absolute Gasteiger partial charge is 0.240 e. The molecule has 1 atom stereocenters. The van der Waals surface area contributed by atoms with Crippen molar-refractivity contribution in [2.24, 2.45) is 0 Å². The second-order valence-electron chi connectivity index (χ2n) is 6.36. The molecule has 0 bridgehead atoms. The van der Waals surface area contributed by atoms with Gasteiger partial charge in [0.1, 0.15) is 0 Å². The normalized spacial score (nSPS) is 12.8. The number of sulfonamides is 1. The number of benzene rings is 2. The van der Waals surface area contributed by atoms with Gasteiger partial charge in [-0.15, -0.1) is 0 Å². The van der Waals surface area contributed by atoms with Crippen LogP contribution in [-0.2, 0) is 21.2 Å². The summed E-state index contributed by atoms with van der Waals surface area (Å²) in [4.78, 5) is 13.2. The highest BCUT2D eigenvalue weighted by atomic mass is 32.2. The van der Waals surface area contributed by atoms with Crippen molar-refractivity contribution in [3.63, 3.8) is 0 Å². The van der Waals surface area contributed by atoms with E-state index >= 15 is 0 Å². The summed E-state index contributed by atoms with van der Waals surface area (Å²) >= 11 is 0. The van der Waals surface area contributed by atoms with Crippen molar-refractivity contribution < 1.29 is 13.2 Å². The summed E-state index contributed by atoms with van der Waals surface area (Å²) < 4.78 is 27.7. The molecule has 2 N–H and O–H groups in total. The maximum Gasteiger partial charge on any atom is 0.240 e. The summed E-state index contributed by atoms with van der Waals surface area (Å²) in [6.07, 6.45) is 0.748. The average Bonchev–Trinajstić information content (AvgIpc) is 2.59. The Hall–Kier alpha value is -2.22. The van der Waals surface area contributed by atoms with E-state index in [0.29, 0.717) is 12.2 Å². The number of hydrogen-bond donors (Lipinski definition) is 2. The summed E-state index contributed by atoms with van der Waals surface area (Å²) in [6, 6.07) is 16.1. The fourth-order valence-corrected chi connectivity index (χ4v) is 3.61. The van der Waals surface area contributed by atoms with E-state index in [-0.39, 0.29) is 16.8 Å². The first-order chi connectivity index (χ1) is 12.3. The third kappa shape index (κ3) is 5.94. The number of carbonyl (C=O) groups is 1. The van der Waals surface area contributed by atoms with Crippen LogP contribution in [-0.4, -0.2) is 45.9 Å². The predicted molar refractivity (Wildman–Crippen MR) is 104 cm³/mol. The molecule has 140 valence electrons. The lowest BCUT2D eigenvalue weighted by Gasteiger charge is -2.24. The number of carbonyl (C=O) groups excluding carboxylic acids is 1. The Morgan fingerprint density at radius 1 is 1.04 bits per heavy atom. The minimum atomic E-state index is -3.62. The van der Waals surface area contributed by atoms with E-state index in [1.807, 2.05) is 49.3 Å². The molecule has 0 heterocycles. The van der Waals surface area contributed by atoms with Crippen LogP contribution in [0.3, 0.4) is 0 Å². The first-order valence-electron chi connectivity index (χ1n) is 8.35. The number of amides is 1. The molecule has 26 heavy (non-hydrogen) atoms. The van der Waals surface area contributed by atoms with Gasteiger partial charge in [0.15, 0.2) is 0 Å². The van der Waals surface area contributed by atoms with Crippen LogP contribution >= 0.6 is 0 Å². The van der Waals surface area contributed by atoms with Gasteiger partial charge in [0.05, 0.1) is 4.90 Å². The second kappa shape index (κ2) is 8.93. The predicted octanol–water partition coefficient (Wildman–Crippen LogP) is 2.10. The molecule has 0 aliphatic carbocycles. The maximum absolute atomic E-state index is 12.5. The lowest BCUT2D eigenvalue weighted by Crippen LogP contribution is -2.41. The molecule has 6 nitrogen and oxygen atoms in total. The Balaban J connectivity index is 2.03. The molecular formula is C19H25N3O3S. The fraction of sp³-hybridized carbons (Fsp3) is 0.316. The van der Waals surface area contributed by atoms with Crippen molar-refractivity contribution in [2.45, 2.75) is 24.3 Å². The highest BCUT2D eigenvalue weighted by Crippen LogP contribution is 2.14. The van der Waals surface area contributed by atoms with Crippen molar-refractivity contribution in [1.82, 2.24) is 9.62 Å². The van der Waals surface area contributed by atoms with Crippen LogP contribution in [0.2, 0.25) is 0 Å². The zero-order valence-corrected chi connectivity index (χ0v) is 16.1. The molecule has 0 aliphatic rings. The molecule has 0 aromatic heterocycles. The van der Waals surface area contributed by atoms with Crippen molar-refractivity contribution in [2.75, 3.05) is 26.0 Å². The molecule has 2 aromatic rings. The maximum atomic E-state index is 12.5. The van der Waals surface area contributed by atoms with Gasteiger partial charge in [0, 0.05) is 25.2 Å². The van der Waals surface area contributed by atoms with Gasteiger partial charge in [0.2, 0.25) is 15.9 Å². The Morgan fingerprint density at radius 3 is 2.19 bits per heavy atom. The van der Waals surface area contributed by atoms with Crippen molar-refractivity contribution in [1.29, 1.82) is 0 Å². The Morgan fingerprint density at radius 2 is 1.65 bits per heavy atom. The van der Waals surface area contributed by atoms with Gasteiger partial charge in [0.25, 0.3) is 0 Å². The van der Waals surface area contributed by atoms with E-state index in [0.717, 1.165) is 12.0 Å². The first kappa shape index (κ1) is 20.1. The molecule has 2 aromatic carbocycles. The molecule has 0 aliphatic heterocycles. The molecular weight excluding hydrogens is 350 g/mol. The van der Waals surface area contributed by atoms with Crippen molar-refractivity contribution in [3.8, 4) is 0 Å². The van der Waals surface area contributed by atoms with Crippen molar-refractivity contribution in [3.05, 3.63) is 60.2 Å². The molecule has 0 spiro atoms. The van der Waals surface area contributed by atoms with E-state index in [1.165, 1.54) is 19.1 Å². The van der Waals surface area contributed by atoms with Crippen LogP contribution in [0, 0.1) is 0 Å². The zero-order valence-electron chi connectivity index (χ0n) is 15.3. The van der Waals surface area contributed by atoms with Crippen LogP contribution in [0.1, 0.15) is 12.5 Å². The zero-order chi connectivity index (χ0) is 19.2. The number of nitrogens with one attached hydrogen (secondary N) is 2. The van der Waals surface area contributed by atoms with Gasteiger partial charge in [-0.1, -0.05) is 30.3 Å². The molecule has 1 amide bonds. The topological polar surface area (TPSA) is 78.5 Å². The number of anilines is 1. The Kier molecular flexibility index (Phi) is 6.90. The third-order valence-corrected chi connectivity index (χ3v) is 5.48. The number of rotatable bonds is 8. The minimum Gasteiger partial charge on any atom is -0.326 e. The lowest BCUT2D eigenvalue weighted by molar-refractivity contribution is -0.114. The van der Waals surface area contributed by atoms with E-state index < -0.39 is 10.0 Å². The number of nitrogens with zero attached hydrogens (tertiary/aromatic N) is 1. The van der Waals surface area contributed by atoms with Gasteiger partial charge < -0.3 is 10.2 Å². The van der Waals surface area contributed by atoms with Gasteiger partial charge in [-0.25, -0.2) is 13.1 Å². The van der Waals surface area contributed by atoms with Crippen LogP contribution in [0.4, 0.5) is 5.69 Å². The van der Waals surface area contributed by atoms with Gasteiger partial charge in [-0.2, -0.15) is 0 Å². The van der Waals surface area contributed by atoms with Gasteiger partial charge in [-0.3, -0.25) is 4.79 Å². The van der Waals surface area contributed by atoms with Crippen LogP contribution < -0.4 is 10.0 Å². The number of hydrogen-bond acceptors (Lipinski definition) is 4. The summed E-state index contributed by atoms with van der Waals surface area (Å²) in [5.74, 6) is -0.200. The third-order valence-electron chi connectivity index (χ3n) is 4.04. The summed E-state index contributed by atoms with van der Waals surface area (Å²) in [6.45, 7) is 1.71. The van der Waals surface area contributed by atoms with Gasteiger partial charge >= 0.3 is 0 Å². The highest BCUT2D eigenvalue weighted by molar-refractivity contribution is 7.89. The molecule has 0 saturated heterocycles. The van der Waals surface area contributed by atoms with Gasteiger partial charge in [-0.05, 0) is 50.3 Å². The number of likely N-dealkylation sites (N-methyl/N-ethyl adjacent to an activating group) is 1. The first-order valence-corrected chi connectivity index (χ1v) is 9.84. The second-order valence-corrected chi connectivity index (χ2v) is 8.13. The minimum absolute atomic E-state index is 0.0332. The fourth-order valence-electron chi connectivity index (χ4n) is 2.53. The highest BCUT2D eigenvalue weighted by Gasteiger charge is 2.18. The van der Waals surface area contributed by atoms with Crippen LogP contribution in [0.5, 0.6) is 0 Å².